The molecule has 2 rings (SSSR count). The molecule has 0 bridgehead atoms. The maximum absolute atomic E-state index is 11.8. The second-order valence-corrected chi connectivity index (χ2v) is 4.09. The molecule has 9 heteroatoms. The van der Waals surface area contributed by atoms with Gasteiger partial charge in [0.05, 0.1) is 11.1 Å². The third-order valence-corrected chi connectivity index (χ3v) is 2.39. The number of alkyl halides is 6. The monoisotopic (exact) mass is 504 g/mol. The van der Waals surface area contributed by atoms with Crippen molar-refractivity contribution in [1.82, 2.24) is 0 Å². The van der Waals surface area contributed by atoms with E-state index in [2.05, 4.69) is 0 Å². The van der Waals surface area contributed by atoms with Crippen LogP contribution in [0.4, 0.5) is 26.3 Å². The van der Waals surface area contributed by atoms with E-state index in [0.29, 0.717) is 0 Å². The van der Waals surface area contributed by atoms with E-state index in [1.807, 2.05) is 0 Å². The largest absolute Gasteiger partial charge is 0.508 e. The van der Waals surface area contributed by atoms with Gasteiger partial charge in [0.15, 0.2) is 0 Å². The van der Waals surface area contributed by atoms with Crippen molar-refractivity contribution in [2.45, 2.75) is 12.4 Å². The molecule has 124 valence electrons. The first-order chi connectivity index (χ1) is 10.00. The fourth-order valence-electron chi connectivity index (χ4n) is 1.30. The van der Waals surface area contributed by atoms with Gasteiger partial charge in [-0.15, -0.1) is 0 Å². The number of phenols is 2. The van der Waals surface area contributed by atoms with Gasteiger partial charge >= 0.3 is 12.4 Å². The zero-order valence-electron chi connectivity index (χ0n) is 11.3. The molecular formula is C14H10F6HfO2. The minimum absolute atomic E-state index is 0. The van der Waals surface area contributed by atoms with Gasteiger partial charge in [0, 0.05) is 25.8 Å². The van der Waals surface area contributed by atoms with Crippen LogP contribution in [0.15, 0.2) is 48.5 Å². The summed E-state index contributed by atoms with van der Waals surface area (Å²) in [5.74, 6) is -0.337. The SMILES string of the molecule is Oc1ccc(C(F)(F)F)cc1.Oc1ccc(C(F)(F)F)cc1.[Hf]. The molecule has 0 saturated carbocycles. The van der Waals surface area contributed by atoms with Crippen LogP contribution in [0.1, 0.15) is 11.1 Å². The molecule has 0 radical (unpaired) electrons. The number of aromatic hydroxyl groups is 2. The average Bonchev–Trinajstić information content (AvgIpc) is 2.38. The molecule has 0 amide bonds. The minimum Gasteiger partial charge on any atom is -0.508 e. The van der Waals surface area contributed by atoms with Gasteiger partial charge in [-0.2, -0.15) is 26.3 Å². The first-order valence-corrected chi connectivity index (χ1v) is 5.72. The quantitative estimate of drug-likeness (QED) is 0.401. The maximum Gasteiger partial charge on any atom is 0.416 e. The van der Waals surface area contributed by atoms with Gasteiger partial charge in [-0.25, -0.2) is 0 Å². The van der Waals surface area contributed by atoms with Gasteiger partial charge in [0.1, 0.15) is 11.5 Å². The van der Waals surface area contributed by atoms with Gasteiger partial charge in [-0.3, -0.25) is 0 Å². The first-order valence-electron chi connectivity index (χ1n) is 5.72. The molecular weight excluding hydrogens is 493 g/mol. The molecule has 2 N–H and O–H groups in total. The second-order valence-electron chi connectivity index (χ2n) is 4.09. The Balaban J connectivity index is 0.000000403. The fourth-order valence-corrected chi connectivity index (χ4v) is 1.30. The third kappa shape index (κ3) is 7.54. The molecule has 0 aliphatic carbocycles. The number of rotatable bonds is 0. The van der Waals surface area contributed by atoms with Crippen molar-refractivity contribution >= 4 is 0 Å². The van der Waals surface area contributed by atoms with Crippen molar-refractivity contribution in [2.75, 3.05) is 0 Å². The summed E-state index contributed by atoms with van der Waals surface area (Å²) in [6, 6.07) is 7.33. The van der Waals surface area contributed by atoms with E-state index in [4.69, 9.17) is 10.2 Å². The van der Waals surface area contributed by atoms with Crippen LogP contribution in [0.2, 0.25) is 0 Å². The summed E-state index contributed by atoms with van der Waals surface area (Å²) in [6.45, 7) is 0. The van der Waals surface area contributed by atoms with E-state index < -0.39 is 23.5 Å². The van der Waals surface area contributed by atoms with Gasteiger partial charge in [-0.05, 0) is 48.5 Å². The van der Waals surface area contributed by atoms with Crippen molar-refractivity contribution in [3.05, 3.63) is 59.7 Å². The molecule has 0 heterocycles. The molecule has 0 spiro atoms. The van der Waals surface area contributed by atoms with Gasteiger partial charge in [0.2, 0.25) is 0 Å². The van der Waals surface area contributed by atoms with Gasteiger partial charge in [0.25, 0.3) is 0 Å². The normalized spacial score (nSPS) is 11.0. The van der Waals surface area contributed by atoms with E-state index in [0.717, 1.165) is 48.5 Å². The van der Waals surface area contributed by atoms with Crippen molar-refractivity contribution in [1.29, 1.82) is 0 Å². The molecule has 0 aliphatic heterocycles. The van der Waals surface area contributed by atoms with Crippen LogP contribution in [0, 0.1) is 0 Å². The average molecular weight is 503 g/mol. The van der Waals surface area contributed by atoms with E-state index in [9.17, 15) is 26.3 Å². The molecule has 0 aliphatic rings. The van der Waals surface area contributed by atoms with Crippen LogP contribution >= 0.6 is 0 Å². The maximum atomic E-state index is 11.8. The van der Waals surface area contributed by atoms with Gasteiger partial charge in [-0.1, -0.05) is 0 Å². The summed E-state index contributed by atoms with van der Waals surface area (Å²) in [7, 11) is 0. The predicted molar refractivity (Wildman–Crippen MR) is 66.2 cm³/mol. The van der Waals surface area contributed by atoms with Crippen molar-refractivity contribution in [3.63, 3.8) is 0 Å². The molecule has 0 atom stereocenters. The van der Waals surface area contributed by atoms with Crippen LogP contribution in [-0.2, 0) is 38.2 Å². The molecule has 23 heavy (non-hydrogen) atoms. The summed E-state index contributed by atoms with van der Waals surface area (Å²) >= 11 is 0. The Morgan fingerprint density at radius 3 is 0.913 bits per heavy atom. The Morgan fingerprint density at radius 1 is 0.522 bits per heavy atom. The Labute approximate surface area is 146 Å². The number of phenolic OH excluding ortho intramolecular Hbond substituents is 2. The molecule has 0 fully saturated rings. The van der Waals surface area contributed by atoms with Crippen LogP contribution in [0.5, 0.6) is 11.5 Å². The van der Waals surface area contributed by atoms with Crippen LogP contribution < -0.4 is 0 Å². The first kappa shape index (κ1) is 21.5. The fraction of sp³-hybridized carbons (Fsp3) is 0.143. The molecule has 2 aromatic carbocycles. The second kappa shape index (κ2) is 8.37. The van der Waals surface area contributed by atoms with Crippen molar-refractivity contribution in [2.24, 2.45) is 0 Å². The Bertz CT molecular complexity index is 535. The molecule has 0 saturated heterocycles. The number of benzene rings is 2. The molecule has 2 aromatic rings. The van der Waals surface area contributed by atoms with Gasteiger partial charge < -0.3 is 10.2 Å². The predicted octanol–water partition coefficient (Wildman–Crippen LogP) is 4.82. The number of halogens is 6. The van der Waals surface area contributed by atoms with Crippen molar-refractivity contribution in [3.8, 4) is 11.5 Å². The number of hydrogen-bond donors (Lipinski definition) is 2. The molecule has 2 nitrogen and oxygen atoms in total. The van der Waals surface area contributed by atoms with Crippen molar-refractivity contribution < 1.29 is 62.4 Å². The Morgan fingerprint density at radius 2 is 0.739 bits per heavy atom. The zero-order valence-corrected chi connectivity index (χ0v) is 14.9. The van der Waals surface area contributed by atoms with Crippen LogP contribution in [0.25, 0.3) is 0 Å². The number of hydrogen-bond acceptors (Lipinski definition) is 2. The third-order valence-electron chi connectivity index (χ3n) is 2.39. The van der Waals surface area contributed by atoms with E-state index in [1.54, 1.807) is 0 Å². The summed E-state index contributed by atoms with van der Waals surface area (Å²) in [5, 5.41) is 17.3. The standard InChI is InChI=1S/2C7H5F3O.Hf/c2*8-7(9,10)5-1-3-6(11)4-2-5;/h2*1-4,11H;. The summed E-state index contributed by atoms with van der Waals surface area (Å²) < 4.78 is 71.0. The minimum atomic E-state index is -4.33. The Kier molecular flexibility index (Phi) is 7.82. The summed E-state index contributed by atoms with van der Waals surface area (Å²) in [5.41, 5.74) is -1.51. The van der Waals surface area contributed by atoms with E-state index in [1.165, 1.54) is 0 Å². The van der Waals surface area contributed by atoms with E-state index >= 15 is 0 Å². The Hall–Kier alpha value is -1.51. The zero-order chi connectivity index (χ0) is 17.0. The van der Waals surface area contributed by atoms with Crippen LogP contribution in [-0.4, -0.2) is 10.2 Å². The topological polar surface area (TPSA) is 40.5 Å². The van der Waals surface area contributed by atoms with E-state index in [-0.39, 0.29) is 37.3 Å². The summed E-state index contributed by atoms with van der Waals surface area (Å²) in [4.78, 5) is 0. The molecule has 0 aromatic heterocycles. The smallest absolute Gasteiger partial charge is 0.416 e. The molecule has 0 unspecified atom stereocenters. The summed E-state index contributed by atoms with van der Waals surface area (Å²) in [6.07, 6.45) is -8.65. The van der Waals surface area contributed by atoms with Crippen LogP contribution in [0.3, 0.4) is 0 Å².